The summed E-state index contributed by atoms with van der Waals surface area (Å²) in [5, 5.41) is 0. The van der Waals surface area contributed by atoms with Crippen LogP contribution in [0.15, 0.2) is 54.6 Å². The van der Waals surface area contributed by atoms with Crippen molar-refractivity contribution in [1.29, 1.82) is 0 Å². The van der Waals surface area contributed by atoms with Crippen molar-refractivity contribution >= 4 is 17.5 Å². The van der Waals surface area contributed by atoms with Crippen LogP contribution in [0.4, 0.5) is 5.69 Å². The van der Waals surface area contributed by atoms with Gasteiger partial charge < -0.3 is 9.80 Å². The first-order chi connectivity index (χ1) is 11.9. The lowest BCUT2D eigenvalue weighted by Crippen LogP contribution is -2.47. The molecule has 2 aromatic rings. The molecule has 0 bridgehead atoms. The quantitative estimate of drug-likeness (QED) is 0.778. The number of anilines is 1. The van der Waals surface area contributed by atoms with Crippen molar-refractivity contribution in [2.75, 3.05) is 11.4 Å². The Morgan fingerprint density at radius 3 is 2.20 bits per heavy atom. The molecule has 0 spiro atoms. The Labute approximate surface area is 150 Å². The van der Waals surface area contributed by atoms with Gasteiger partial charge in [0.2, 0.25) is 0 Å². The molecule has 0 aliphatic carbocycles. The molecule has 0 unspecified atom stereocenters. The third kappa shape index (κ3) is 4.69. The topological polar surface area (TPSA) is 40.6 Å². The summed E-state index contributed by atoms with van der Waals surface area (Å²) < 4.78 is 0. The van der Waals surface area contributed by atoms with E-state index in [4.69, 9.17) is 0 Å². The molecular weight excluding hydrogens is 312 g/mol. The molecule has 0 aliphatic heterocycles. The van der Waals surface area contributed by atoms with Crippen LogP contribution in [0.2, 0.25) is 0 Å². The lowest BCUT2D eigenvalue weighted by Gasteiger charge is -2.29. The number of likely N-dealkylation sites (N-methyl/N-ethyl adjacent to an activating group) is 1. The van der Waals surface area contributed by atoms with Gasteiger partial charge in [0.05, 0.1) is 0 Å². The van der Waals surface area contributed by atoms with Crippen LogP contribution in [0.25, 0.3) is 0 Å². The van der Waals surface area contributed by atoms with Crippen LogP contribution in [0, 0.1) is 6.92 Å². The molecule has 0 saturated heterocycles. The average molecular weight is 338 g/mol. The summed E-state index contributed by atoms with van der Waals surface area (Å²) in [5.41, 5.74) is 2.82. The molecular formula is C21H26N2O2. The highest BCUT2D eigenvalue weighted by atomic mass is 16.2. The van der Waals surface area contributed by atoms with Gasteiger partial charge >= 0.3 is 11.8 Å². The van der Waals surface area contributed by atoms with Gasteiger partial charge in [-0.25, -0.2) is 0 Å². The number of rotatable bonds is 5. The van der Waals surface area contributed by atoms with Gasteiger partial charge in [0, 0.05) is 24.8 Å². The first-order valence-corrected chi connectivity index (χ1v) is 8.67. The van der Waals surface area contributed by atoms with Crippen LogP contribution in [0.3, 0.4) is 0 Å². The minimum atomic E-state index is -0.488. The highest BCUT2D eigenvalue weighted by molar-refractivity contribution is 6.40. The highest BCUT2D eigenvalue weighted by Gasteiger charge is 2.29. The van der Waals surface area contributed by atoms with E-state index in [-0.39, 0.29) is 6.04 Å². The lowest BCUT2D eigenvalue weighted by molar-refractivity contribution is -0.146. The fourth-order valence-corrected chi connectivity index (χ4v) is 2.75. The van der Waals surface area contributed by atoms with Crippen molar-refractivity contribution in [2.24, 2.45) is 0 Å². The van der Waals surface area contributed by atoms with Gasteiger partial charge in [0.15, 0.2) is 0 Å². The van der Waals surface area contributed by atoms with E-state index in [9.17, 15) is 9.59 Å². The maximum absolute atomic E-state index is 12.9. The second-order valence-electron chi connectivity index (χ2n) is 6.40. The highest BCUT2D eigenvalue weighted by Crippen LogP contribution is 2.18. The first kappa shape index (κ1) is 18.7. The van der Waals surface area contributed by atoms with Crippen LogP contribution in [0.1, 0.15) is 31.9 Å². The van der Waals surface area contributed by atoms with Crippen molar-refractivity contribution < 1.29 is 9.59 Å². The molecule has 0 atom stereocenters. The maximum Gasteiger partial charge on any atom is 0.316 e. The molecule has 2 rings (SSSR count). The van der Waals surface area contributed by atoms with E-state index in [0.29, 0.717) is 13.1 Å². The zero-order chi connectivity index (χ0) is 18.4. The van der Waals surface area contributed by atoms with Crippen molar-refractivity contribution in [2.45, 2.75) is 40.3 Å². The SMILES string of the molecule is CCN(C(=O)C(=O)N(Cc1ccccc1)C(C)C)c1cccc(C)c1. The molecule has 25 heavy (non-hydrogen) atoms. The molecule has 0 heterocycles. The summed E-state index contributed by atoms with van der Waals surface area (Å²) in [5.74, 6) is -0.958. The number of amides is 2. The third-order valence-electron chi connectivity index (χ3n) is 4.14. The van der Waals surface area contributed by atoms with Gasteiger partial charge in [-0.05, 0) is 51.0 Å². The van der Waals surface area contributed by atoms with E-state index in [1.54, 1.807) is 4.90 Å². The predicted octanol–water partition coefficient (Wildman–Crippen LogP) is 3.79. The Morgan fingerprint density at radius 1 is 0.960 bits per heavy atom. The molecule has 0 fully saturated rings. The second kappa shape index (κ2) is 8.47. The fraction of sp³-hybridized carbons (Fsp3) is 0.333. The summed E-state index contributed by atoms with van der Waals surface area (Å²) in [6, 6.07) is 17.3. The molecule has 4 heteroatoms. The van der Waals surface area contributed by atoms with E-state index in [1.165, 1.54) is 4.90 Å². The normalized spacial score (nSPS) is 10.6. The lowest BCUT2D eigenvalue weighted by atomic mass is 10.1. The van der Waals surface area contributed by atoms with E-state index in [0.717, 1.165) is 16.8 Å². The molecule has 4 nitrogen and oxygen atoms in total. The van der Waals surface area contributed by atoms with E-state index in [2.05, 4.69) is 0 Å². The molecule has 0 radical (unpaired) electrons. The Bertz CT molecular complexity index is 726. The van der Waals surface area contributed by atoms with Crippen molar-refractivity contribution in [3.8, 4) is 0 Å². The number of hydrogen-bond donors (Lipinski definition) is 0. The number of aryl methyl sites for hydroxylation is 1. The van der Waals surface area contributed by atoms with Gasteiger partial charge in [-0.3, -0.25) is 9.59 Å². The van der Waals surface area contributed by atoms with Crippen molar-refractivity contribution in [1.82, 2.24) is 4.90 Å². The van der Waals surface area contributed by atoms with Gasteiger partial charge in [-0.1, -0.05) is 42.5 Å². The summed E-state index contributed by atoms with van der Waals surface area (Å²) in [6.07, 6.45) is 0. The zero-order valence-electron chi connectivity index (χ0n) is 15.4. The fourth-order valence-electron chi connectivity index (χ4n) is 2.75. The number of carbonyl (C=O) groups excluding carboxylic acids is 2. The Kier molecular flexibility index (Phi) is 6.34. The number of hydrogen-bond acceptors (Lipinski definition) is 2. The molecule has 0 N–H and O–H groups in total. The van der Waals surface area contributed by atoms with Crippen LogP contribution in [0.5, 0.6) is 0 Å². The number of benzene rings is 2. The molecule has 2 amide bonds. The third-order valence-corrected chi connectivity index (χ3v) is 4.14. The van der Waals surface area contributed by atoms with Gasteiger partial charge in [0.25, 0.3) is 0 Å². The first-order valence-electron chi connectivity index (χ1n) is 8.67. The van der Waals surface area contributed by atoms with E-state index < -0.39 is 11.8 Å². The molecule has 2 aromatic carbocycles. The number of carbonyl (C=O) groups is 2. The monoisotopic (exact) mass is 338 g/mol. The number of nitrogens with zero attached hydrogens (tertiary/aromatic N) is 2. The summed E-state index contributed by atoms with van der Waals surface area (Å²) >= 11 is 0. The molecule has 132 valence electrons. The summed E-state index contributed by atoms with van der Waals surface area (Å²) in [6.45, 7) is 8.58. The molecule has 0 saturated carbocycles. The summed E-state index contributed by atoms with van der Waals surface area (Å²) in [7, 11) is 0. The van der Waals surface area contributed by atoms with Crippen molar-refractivity contribution in [3.05, 3.63) is 65.7 Å². The van der Waals surface area contributed by atoms with E-state index in [1.807, 2.05) is 82.3 Å². The van der Waals surface area contributed by atoms with Gasteiger partial charge in [-0.2, -0.15) is 0 Å². The van der Waals surface area contributed by atoms with Crippen molar-refractivity contribution in [3.63, 3.8) is 0 Å². The minimum Gasteiger partial charge on any atom is -0.328 e. The van der Waals surface area contributed by atoms with Crippen LogP contribution >= 0.6 is 0 Å². The predicted molar refractivity (Wildman–Crippen MR) is 101 cm³/mol. The Hall–Kier alpha value is -2.62. The Morgan fingerprint density at radius 2 is 1.64 bits per heavy atom. The Balaban J connectivity index is 2.23. The second-order valence-corrected chi connectivity index (χ2v) is 6.40. The smallest absolute Gasteiger partial charge is 0.316 e. The van der Waals surface area contributed by atoms with Crippen LogP contribution in [-0.2, 0) is 16.1 Å². The van der Waals surface area contributed by atoms with Crippen LogP contribution in [-0.4, -0.2) is 29.3 Å². The van der Waals surface area contributed by atoms with E-state index >= 15 is 0 Å². The molecule has 0 aromatic heterocycles. The van der Waals surface area contributed by atoms with Crippen LogP contribution < -0.4 is 4.90 Å². The van der Waals surface area contributed by atoms with Gasteiger partial charge in [-0.15, -0.1) is 0 Å². The summed E-state index contributed by atoms with van der Waals surface area (Å²) in [4.78, 5) is 28.9. The largest absolute Gasteiger partial charge is 0.328 e. The zero-order valence-corrected chi connectivity index (χ0v) is 15.4. The standard InChI is InChI=1S/C21H26N2O2/c1-5-22(19-13-9-10-17(4)14-19)20(24)21(25)23(16(2)3)15-18-11-7-6-8-12-18/h6-14,16H,5,15H2,1-4H3. The van der Waals surface area contributed by atoms with Gasteiger partial charge in [0.1, 0.15) is 0 Å². The average Bonchev–Trinajstić information content (AvgIpc) is 2.60. The molecule has 0 aliphatic rings. The minimum absolute atomic E-state index is 0.0622. The maximum atomic E-state index is 12.9.